The topological polar surface area (TPSA) is 0 Å². The van der Waals surface area contributed by atoms with Crippen LogP contribution in [0.2, 0.25) is 20.1 Å². The van der Waals surface area contributed by atoms with Crippen molar-refractivity contribution in [3.05, 3.63) is 190 Å². The molecule has 8 rings (SSSR count). The first-order valence-corrected chi connectivity index (χ1v) is 25.3. The van der Waals surface area contributed by atoms with Gasteiger partial charge in [-0.25, -0.2) is 0 Å². The molecule has 0 nitrogen and oxygen atoms in total. The van der Waals surface area contributed by atoms with Crippen molar-refractivity contribution in [2.75, 3.05) is 0 Å². The number of hydrogen-bond donors (Lipinski definition) is 0. The van der Waals surface area contributed by atoms with Crippen molar-refractivity contribution < 1.29 is 46.1 Å². The number of rotatable bonds is 8. The Kier molecular flexibility index (Phi) is 14.8. The number of hydrogen-bond acceptors (Lipinski definition) is 0. The number of benzene rings is 6. The van der Waals surface area contributed by atoms with Crippen LogP contribution in [-0.4, -0.2) is 3.21 Å². The van der Waals surface area contributed by atoms with Crippen LogP contribution >= 0.6 is 46.4 Å². The Morgan fingerprint density at radius 3 is 1.48 bits per heavy atom. The minimum absolute atomic E-state index is 0. The summed E-state index contributed by atoms with van der Waals surface area (Å²) >= 11 is 23.0. The average molecular weight is 989 g/mol. The van der Waals surface area contributed by atoms with Crippen molar-refractivity contribution in [3.8, 4) is 33.4 Å². The smallest absolute Gasteiger partial charge is 1.00 e. The molecule has 60 heavy (non-hydrogen) atoms. The normalized spacial score (nSPS) is 12.8. The summed E-state index contributed by atoms with van der Waals surface area (Å²) in [6.45, 7) is 14.1. The zero-order chi connectivity index (χ0) is 40.9. The Labute approximate surface area is 397 Å². The van der Waals surface area contributed by atoms with Gasteiger partial charge in [-0.15, -0.1) is 0 Å². The number of halogens is 6. The van der Waals surface area contributed by atoms with E-state index >= 15 is 0 Å². The molecule has 0 saturated carbocycles. The van der Waals surface area contributed by atoms with E-state index in [1.165, 1.54) is 66.8 Å². The van der Waals surface area contributed by atoms with Crippen molar-refractivity contribution in [1.82, 2.24) is 0 Å². The molecule has 0 saturated heterocycles. The molecule has 0 spiro atoms. The minimum Gasteiger partial charge on any atom is -1.00 e. The molecule has 6 aromatic carbocycles. The average Bonchev–Trinajstić information content (AvgIpc) is 3.84. The van der Waals surface area contributed by atoms with Crippen molar-refractivity contribution in [2.24, 2.45) is 0 Å². The molecule has 0 aromatic heterocycles. The van der Waals surface area contributed by atoms with E-state index < -0.39 is 21.3 Å². The summed E-state index contributed by atoms with van der Waals surface area (Å²) in [5, 5.41) is 3.02. The van der Waals surface area contributed by atoms with E-state index in [1.807, 2.05) is 36.4 Å². The van der Waals surface area contributed by atoms with Gasteiger partial charge in [0.1, 0.15) is 0 Å². The zero-order valence-corrected chi connectivity index (χ0v) is 41.8. The van der Waals surface area contributed by atoms with Crippen LogP contribution in [0, 0.1) is 0 Å². The van der Waals surface area contributed by atoms with E-state index in [2.05, 4.69) is 139 Å². The molecule has 0 N–H and O–H groups in total. The summed E-state index contributed by atoms with van der Waals surface area (Å²) in [4.78, 5) is 0. The Balaban J connectivity index is 0.00000302. The van der Waals surface area contributed by atoms with E-state index in [-0.39, 0.29) is 35.6 Å². The quantitative estimate of drug-likeness (QED) is 0.143. The fourth-order valence-electron chi connectivity index (χ4n) is 8.79. The summed E-state index contributed by atoms with van der Waals surface area (Å²) in [6, 6.07) is 41.6. The van der Waals surface area contributed by atoms with E-state index in [4.69, 9.17) is 46.4 Å². The molecule has 0 heterocycles. The first kappa shape index (κ1) is 46.8. The fourth-order valence-corrected chi connectivity index (χ4v) is 18.0. The number of fused-ring (bicyclic) bond motifs is 3. The third-order valence-corrected chi connectivity index (χ3v) is 20.3. The summed E-state index contributed by atoms with van der Waals surface area (Å²) in [6.07, 6.45) is 10.8. The van der Waals surface area contributed by atoms with Crippen LogP contribution < -0.4 is 28.1 Å². The molecule has 0 fully saturated rings. The standard InChI is InChI=1S/C33H31Cl2.C15H12Cl2.C5H5.2ClH.Zr/c1-32(2,3)30-18-26-22(16-28(30)20-7-11-24(34)12-8-20)15-23-17-29(21-9-13-25(35)14-10-21)31(19-27(23)26)33(4,5)6;16-14-8-4-12(5-9-14)2-1-3-13-6-10-15(17)11-7-13;1-2-4-5-3-1;;;/h7-14,16,18-19H,15H2,1-6H3;4-11H,2-3H2;1-3H,4H2;2*1H;/q;;;;;+2/p-2. The van der Waals surface area contributed by atoms with Crippen LogP contribution in [0.25, 0.3) is 33.4 Å². The maximum absolute atomic E-state index is 6.63. The molecule has 0 amide bonds. The van der Waals surface area contributed by atoms with Crippen LogP contribution in [0.4, 0.5) is 0 Å². The Hall–Kier alpha value is -2.71. The second-order valence-corrected chi connectivity index (χ2v) is 26.0. The predicted molar refractivity (Wildman–Crippen MR) is 250 cm³/mol. The van der Waals surface area contributed by atoms with Gasteiger partial charge < -0.3 is 24.8 Å². The number of allylic oxidation sites excluding steroid dienone is 4. The van der Waals surface area contributed by atoms with Crippen molar-refractivity contribution in [2.45, 2.75) is 78.1 Å². The monoisotopic (exact) mass is 984 g/mol. The molecule has 7 heteroatoms. The van der Waals surface area contributed by atoms with Gasteiger partial charge in [0.15, 0.2) is 0 Å². The molecule has 0 atom stereocenters. The van der Waals surface area contributed by atoms with E-state index in [9.17, 15) is 0 Å². The largest absolute Gasteiger partial charge is 1.00 e. The summed E-state index contributed by atoms with van der Waals surface area (Å²) in [5.41, 5.74) is 15.9. The molecule has 2 aliphatic rings. The van der Waals surface area contributed by atoms with Gasteiger partial charge in [-0.05, 0) is 0 Å². The van der Waals surface area contributed by atoms with Crippen LogP contribution in [0.1, 0.15) is 81.3 Å². The summed E-state index contributed by atoms with van der Waals surface area (Å²) < 4.78 is 4.84. The van der Waals surface area contributed by atoms with E-state index in [0.29, 0.717) is 0 Å². The van der Waals surface area contributed by atoms with Crippen LogP contribution in [0.5, 0.6) is 0 Å². The molecule has 6 aromatic rings. The third kappa shape index (κ3) is 9.90. The molecular weight excluding hydrogens is 941 g/mol. The van der Waals surface area contributed by atoms with Crippen LogP contribution in [0.3, 0.4) is 0 Å². The van der Waals surface area contributed by atoms with E-state index in [1.54, 1.807) is 9.76 Å². The van der Waals surface area contributed by atoms with Gasteiger partial charge in [-0.2, -0.15) is 0 Å². The van der Waals surface area contributed by atoms with Gasteiger partial charge in [0, 0.05) is 0 Å². The molecular formula is C53H48Cl6Zr. The van der Waals surface area contributed by atoms with Crippen LogP contribution in [-0.2, 0) is 51.4 Å². The predicted octanol–water partition coefficient (Wildman–Crippen LogP) is 9.55. The van der Waals surface area contributed by atoms with Gasteiger partial charge in [-0.3, -0.25) is 0 Å². The Morgan fingerprint density at radius 2 is 1.02 bits per heavy atom. The van der Waals surface area contributed by atoms with Gasteiger partial charge in [0.2, 0.25) is 0 Å². The Bertz CT molecular complexity index is 2570. The maximum Gasteiger partial charge on any atom is -1.00 e. The van der Waals surface area contributed by atoms with Crippen molar-refractivity contribution in [1.29, 1.82) is 0 Å². The first-order valence-electron chi connectivity index (χ1n) is 20.1. The van der Waals surface area contributed by atoms with Crippen molar-refractivity contribution in [3.63, 3.8) is 0 Å². The summed E-state index contributed by atoms with van der Waals surface area (Å²) in [7, 11) is 0. The minimum atomic E-state index is -3.04. The molecule has 0 unspecified atom stereocenters. The molecule has 306 valence electrons. The van der Waals surface area contributed by atoms with Gasteiger partial charge in [0.05, 0.1) is 0 Å². The molecule has 0 bridgehead atoms. The first-order chi connectivity index (χ1) is 27.6. The van der Waals surface area contributed by atoms with Crippen LogP contribution in [0.15, 0.2) is 137 Å². The van der Waals surface area contributed by atoms with Gasteiger partial charge >= 0.3 is 376 Å². The van der Waals surface area contributed by atoms with Gasteiger partial charge in [-0.1, -0.05) is 0 Å². The maximum atomic E-state index is 6.63. The summed E-state index contributed by atoms with van der Waals surface area (Å²) in [5.74, 6) is 0. The second-order valence-electron chi connectivity index (χ2n) is 17.9. The van der Waals surface area contributed by atoms with Gasteiger partial charge in [0.25, 0.3) is 0 Å². The van der Waals surface area contributed by atoms with Crippen molar-refractivity contribution >= 4 is 52.9 Å². The second kappa shape index (κ2) is 19.0. The Morgan fingerprint density at radius 1 is 0.550 bits per heavy atom. The molecule has 2 aliphatic carbocycles. The SMILES string of the molecule is CC(C)(C)c1cc2c(cc1-c1ccc(Cl)cc1)Cc1c-2cc(C(C)(C)C)c(-c2ccc(Cl)cc2)[c]1[Zr+2]([C]1=CC=CC1)=[C](Cc1ccc(Cl)cc1)Cc1ccc(Cl)cc1.[Cl-].[Cl-]. The zero-order valence-electron chi connectivity index (χ0n) is 34.8. The third-order valence-electron chi connectivity index (χ3n) is 11.6. The fraction of sp³-hybridized carbons (Fsp3) is 0.226. The molecule has 0 radical (unpaired) electrons. The van der Waals surface area contributed by atoms with E-state index in [0.717, 1.165) is 45.8 Å². The molecule has 0 aliphatic heterocycles.